The molecule has 0 aliphatic carbocycles. The fraction of sp³-hybridized carbons (Fsp3) is 0.833. The Kier molecular flexibility index (Phi) is 5.25. The molecule has 1 atom stereocenters. The summed E-state index contributed by atoms with van der Waals surface area (Å²) in [5.74, 6) is 0.713. The van der Waals surface area contributed by atoms with Crippen molar-refractivity contribution in [3.8, 4) is 0 Å². The Morgan fingerprint density at radius 1 is 1.56 bits per heavy atom. The maximum Gasteiger partial charge on any atom is 0.319 e. The summed E-state index contributed by atoms with van der Waals surface area (Å²) in [7, 11) is 1.75. The van der Waals surface area contributed by atoms with Crippen LogP contribution in [0.2, 0.25) is 0 Å². The number of carbonyl (C=O) groups excluding carboxylic acids is 1. The van der Waals surface area contributed by atoms with Gasteiger partial charge in [0.15, 0.2) is 0 Å². The van der Waals surface area contributed by atoms with Gasteiger partial charge in [-0.15, -0.1) is 0 Å². The molecule has 1 aliphatic heterocycles. The molecule has 104 valence electrons. The second-order valence-electron chi connectivity index (χ2n) is 5.26. The van der Waals surface area contributed by atoms with Crippen molar-refractivity contribution in [3.05, 3.63) is 0 Å². The monoisotopic (exact) mass is 256 g/mol. The molecule has 0 aromatic carbocycles. The van der Waals surface area contributed by atoms with E-state index >= 15 is 0 Å². The van der Waals surface area contributed by atoms with E-state index in [1.165, 1.54) is 0 Å². The number of rotatable bonds is 3. The van der Waals surface area contributed by atoms with Crippen molar-refractivity contribution in [2.45, 2.75) is 26.7 Å². The van der Waals surface area contributed by atoms with Crippen molar-refractivity contribution in [3.63, 3.8) is 0 Å². The normalized spacial score (nSPS) is 19.7. The van der Waals surface area contributed by atoms with Gasteiger partial charge in [-0.3, -0.25) is 0 Å². The number of urea groups is 1. The molecule has 0 aromatic heterocycles. The van der Waals surface area contributed by atoms with E-state index in [-0.39, 0.29) is 17.8 Å². The van der Waals surface area contributed by atoms with Crippen LogP contribution in [0.1, 0.15) is 26.7 Å². The van der Waals surface area contributed by atoms with Crippen LogP contribution in [0.5, 0.6) is 0 Å². The average Bonchev–Trinajstić information content (AvgIpc) is 2.37. The van der Waals surface area contributed by atoms with E-state index in [1.807, 2.05) is 11.8 Å². The minimum Gasteiger partial charge on any atom is -0.409 e. The quantitative estimate of drug-likeness (QED) is 0.344. The summed E-state index contributed by atoms with van der Waals surface area (Å²) in [6.07, 6.45) is 2.13. The summed E-state index contributed by atoms with van der Waals surface area (Å²) in [6, 6.07) is 0.0273. The van der Waals surface area contributed by atoms with Gasteiger partial charge >= 0.3 is 6.03 Å². The summed E-state index contributed by atoms with van der Waals surface area (Å²) in [5, 5.41) is 11.5. The van der Waals surface area contributed by atoms with Gasteiger partial charge < -0.3 is 20.7 Å². The van der Waals surface area contributed by atoms with Crippen LogP contribution in [0.25, 0.3) is 0 Å². The fourth-order valence-electron chi connectivity index (χ4n) is 2.12. The van der Waals surface area contributed by atoms with Gasteiger partial charge in [-0.25, -0.2) is 4.79 Å². The fourth-order valence-corrected chi connectivity index (χ4v) is 2.12. The third-order valence-corrected chi connectivity index (χ3v) is 3.55. The molecular weight excluding hydrogens is 232 g/mol. The van der Waals surface area contributed by atoms with Crippen LogP contribution < -0.4 is 5.73 Å². The Morgan fingerprint density at radius 3 is 2.61 bits per heavy atom. The predicted octanol–water partition coefficient (Wildman–Crippen LogP) is 1.15. The Hall–Kier alpha value is -1.46. The van der Waals surface area contributed by atoms with E-state index in [2.05, 4.69) is 12.1 Å². The first-order valence-corrected chi connectivity index (χ1v) is 6.43. The summed E-state index contributed by atoms with van der Waals surface area (Å²) in [6.45, 7) is 6.15. The van der Waals surface area contributed by atoms with Crippen molar-refractivity contribution in [1.82, 2.24) is 9.80 Å². The Labute approximate surface area is 108 Å². The molecule has 0 bridgehead atoms. The van der Waals surface area contributed by atoms with E-state index in [9.17, 15) is 4.79 Å². The van der Waals surface area contributed by atoms with E-state index in [1.54, 1.807) is 11.9 Å². The standard InChI is InChI=1S/C12H24N4O2/c1-9-4-6-16(7-5-9)12(17)15(3)8-10(2)11(13)14-18/h9-10,18H,4-8H2,1-3H3,(H2,13,14). The van der Waals surface area contributed by atoms with Crippen LogP contribution in [-0.4, -0.2) is 53.6 Å². The second kappa shape index (κ2) is 6.47. The van der Waals surface area contributed by atoms with Gasteiger partial charge in [0.05, 0.1) is 0 Å². The number of hydrogen-bond donors (Lipinski definition) is 2. The number of nitrogens with zero attached hydrogens (tertiary/aromatic N) is 3. The third kappa shape index (κ3) is 3.78. The molecule has 6 nitrogen and oxygen atoms in total. The van der Waals surface area contributed by atoms with Crippen molar-refractivity contribution in [2.24, 2.45) is 22.7 Å². The lowest BCUT2D eigenvalue weighted by Crippen LogP contribution is -2.47. The number of oxime groups is 1. The van der Waals surface area contributed by atoms with Gasteiger partial charge in [0.2, 0.25) is 0 Å². The van der Waals surface area contributed by atoms with E-state index < -0.39 is 0 Å². The molecule has 6 heteroatoms. The SMILES string of the molecule is CC1CCN(C(=O)N(C)CC(C)C(N)=NO)CC1. The Bertz CT molecular complexity index is 311. The maximum atomic E-state index is 12.2. The second-order valence-corrected chi connectivity index (χ2v) is 5.26. The molecule has 1 rings (SSSR count). The molecule has 0 saturated carbocycles. The van der Waals surface area contributed by atoms with Crippen molar-refractivity contribution < 1.29 is 10.0 Å². The van der Waals surface area contributed by atoms with Gasteiger partial charge in [-0.2, -0.15) is 0 Å². The highest BCUT2D eigenvalue weighted by atomic mass is 16.4. The van der Waals surface area contributed by atoms with Crippen LogP contribution in [0.15, 0.2) is 5.16 Å². The molecule has 0 radical (unpaired) electrons. The van der Waals surface area contributed by atoms with Crippen molar-refractivity contribution in [1.29, 1.82) is 0 Å². The van der Waals surface area contributed by atoms with Crippen LogP contribution in [0.4, 0.5) is 4.79 Å². The Balaban J connectivity index is 2.46. The minimum absolute atomic E-state index is 0.0273. The number of likely N-dealkylation sites (tertiary alicyclic amines) is 1. The third-order valence-electron chi connectivity index (χ3n) is 3.55. The largest absolute Gasteiger partial charge is 0.409 e. The smallest absolute Gasteiger partial charge is 0.319 e. The molecule has 1 unspecified atom stereocenters. The molecule has 2 amide bonds. The minimum atomic E-state index is -0.146. The van der Waals surface area contributed by atoms with E-state index in [0.29, 0.717) is 12.5 Å². The molecule has 0 aromatic rings. The van der Waals surface area contributed by atoms with Crippen molar-refractivity contribution in [2.75, 3.05) is 26.7 Å². The summed E-state index contributed by atoms with van der Waals surface area (Å²) in [5.41, 5.74) is 5.51. The first-order chi connectivity index (χ1) is 8.45. The summed E-state index contributed by atoms with van der Waals surface area (Å²) >= 11 is 0. The number of amidine groups is 1. The van der Waals surface area contributed by atoms with Gasteiger partial charge in [0.25, 0.3) is 0 Å². The average molecular weight is 256 g/mol. The van der Waals surface area contributed by atoms with E-state index in [0.717, 1.165) is 25.9 Å². The molecule has 0 spiro atoms. The molecule has 1 aliphatic rings. The topological polar surface area (TPSA) is 82.2 Å². The van der Waals surface area contributed by atoms with Gasteiger partial charge in [-0.05, 0) is 18.8 Å². The van der Waals surface area contributed by atoms with Crippen LogP contribution in [-0.2, 0) is 0 Å². The number of nitrogens with two attached hydrogens (primary N) is 1. The lowest BCUT2D eigenvalue weighted by atomic mass is 9.99. The summed E-state index contributed by atoms with van der Waals surface area (Å²) in [4.78, 5) is 15.7. The van der Waals surface area contributed by atoms with Crippen LogP contribution in [0, 0.1) is 11.8 Å². The van der Waals surface area contributed by atoms with Gasteiger partial charge in [0.1, 0.15) is 5.84 Å². The molecule has 1 heterocycles. The zero-order chi connectivity index (χ0) is 13.7. The van der Waals surface area contributed by atoms with Crippen molar-refractivity contribution >= 4 is 11.9 Å². The van der Waals surface area contributed by atoms with Gasteiger partial charge in [-0.1, -0.05) is 19.0 Å². The van der Waals surface area contributed by atoms with Crippen LogP contribution in [0.3, 0.4) is 0 Å². The molecular formula is C12H24N4O2. The first kappa shape index (κ1) is 14.6. The lowest BCUT2D eigenvalue weighted by molar-refractivity contribution is 0.141. The maximum absolute atomic E-state index is 12.2. The first-order valence-electron chi connectivity index (χ1n) is 6.43. The molecule has 1 fully saturated rings. The number of piperidine rings is 1. The zero-order valence-electron chi connectivity index (χ0n) is 11.5. The zero-order valence-corrected chi connectivity index (χ0v) is 11.5. The number of amides is 2. The number of hydrogen-bond acceptors (Lipinski definition) is 3. The molecule has 1 saturated heterocycles. The van der Waals surface area contributed by atoms with Crippen LogP contribution >= 0.6 is 0 Å². The predicted molar refractivity (Wildman–Crippen MR) is 70.6 cm³/mol. The molecule has 18 heavy (non-hydrogen) atoms. The summed E-state index contributed by atoms with van der Waals surface area (Å²) < 4.78 is 0. The van der Waals surface area contributed by atoms with Gasteiger partial charge in [0, 0.05) is 32.6 Å². The highest BCUT2D eigenvalue weighted by Gasteiger charge is 2.24. The Morgan fingerprint density at radius 2 is 2.11 bits per heavy atom. The highest BCUT2D eigenvalue weighted by Crippen LogP contribution is 2.17. The lowest BCUT2D eigenvalue weighted by Gasteiger charge is -2.34. The number of carbonyl (C=O) groups is 1. The molecule has 3 N–H and O–H groups in total. The highest BCUT2D eigenvalue weighted by molar-refractivity contribution is 5.83. The van der Waals surface area contributed by atoms with E-state index in [4.69, 9.17) is 10.9 Å².